The van der Waals surface area contributed by atoms with Crippen molar-refractivity contribution in [3.05, 3.63) is 64.7 Å². The number of rotatable bonds is 1. The second kappa shape index (κ2) is 4.53. The molecule has 0 N–H and O–H groups in total. The molecule has 0 saturated heterocycles. The Labute approximate surface area is 126 Å². The van der Waals surface area contributed by atoms with Crippen LogP contribution in [0.3, 0.4) is 0 Å². The van der Waals surface area contributed by atoms with Crippen LogP contribution in [-0.2, 0) is 7.05 Å². The number of pyridine rings is 1. The summed E-state index contributed by atoms with van der Waals surface area (Å²) in [5.74, 6) is 0. The van der Waals surface area contributed by atoms with Crippen LogP contribution >= 0.6 is 0 Å². The van der Waals surface area contributed by atoms with Gasteiger partial charge in [0.15, 0.2) is 0 Å². The summed E-state index contributed by atoms with van der Waals surface area (Å²) in [6.07, 6.45) is 3.57. The molecule has 0 radical (unpaired) electrons. The molecule has 0 spiro atoms. The number of benzene rings is 1. The lowest BCUT2D eigenvalue weighted by Crippen LogP contribution is -2.19. The summed E-state index contributed by atoms with van der Waals surface area (Å²) >= 11 is 0. The van der Waals surface area contributed by atoms with E-state index in [2.05, 4.69) is 4.98 Å². The average Bonchev–Trinajstić information content (AvgIpc) is 2.98. The second-order valence-corrected chi connectivity index (χ2v) is 5.37. The van der Waals surface area contributed by atoms with Crippen molar-refractivity contribution in [1.29, 1.82) is 0 Å². The first-order valence-electron chi connectivity index (χ1n) is 7.05. The van der Waals surface area contributed by atoms with E-state index in [0.29, 0.717) is 5.39 Å². The van der Waals surface area contributed by atoms with Gasteiger partial charge in [-0.1, -0.05) is 12.1 Å². The zero-order valence-corrected chi connectivity index (χ0v) is 12.3. The van der Waals surface area contributed by atoms with Crippen molar-refractivity contribution in [3.63, 3.8) is 0 Å². The predicted molar refractivity (Wildman–Crippen MR) is 85.9 cm³/mol. The number of aryl methyl sites for hydroxylation is 2. The fraction of sp³-hybridized carbons (Fsp3) is 0.118. The number of hydrogen-bond donors (Lipinski definition) is 0. The first kappa shape index (κ1) is 12.8. The van der Waals surface area contributed by atoms with Crippen LogP contribution in [0.4, 0.5) is 0 Å². The highest BCUT2D eigenvalue weighted by Crippen LogP contribution is 2.23. The molecule has 22 heavy (non-hydrogen) atoms. The molecule has 4 rings (SSSR count). The summed E-state index contributed by atoms with van der Waals surface area (Å²) in [5.41, 5.74) is 4.50. The van der Waals surface area contributed by atoms with Crippen LogP contribution in [0.1, 0.15) is 5.56 Å². The van der Waals surface area contributed by atoms with Gasteiger partial charge in [0.2, 0.25) is 0 Å². The summed E-state index contributed by atoms with van der Waals surface area (Å²) in [6.45, 7) is 2.00. The second-order valence-electron chi connectivity index (χ2n) is 5.37. The highest BCUT2D eigenvalue weighted by molar-refractivity contribution is 5.81. The molecule has 3 aromatic heterocycles. The quantitative estimate of drug-likeness (QED) is 0.541. The van der Waals surface area contributed by atoms with E-state index in [1.807, 2.05) is 54.0 Å². The minimum Gasteiger partial charge on any atom is -0.296 e. The molecule has 0 fully saturated rings. The molecule has 3 heterocycles. The SMILES string of the molecule is Cc1cnccc1-c1cc2n(C)c(=O)c3ccccc3n2n1. The average molecular weight is 290 g/mol. The standard InChI is InChI=1S/C17H14N4O/c1-11-10-18-8-7-12(11)14-9-16-20(2)17(22)13-5-3-4-6-15(13)21(16)19-14/h3-10H,1-2H3. The molecule has 5 heteroatoms. The van der Waals surface area contributed by atoms with Crippen LogP contribution in [0.15, 0.2) is 53.6 Å². The molecule has 0 bridgehead atoms. The third-order valence-electron chi connectivity index (χ3n) is 4.00. The Bertz CT molecular complexity index is 1080. The lowest BCUT2D eigenvalue weighted by Gasteiger charge is -2.05. The first-order valence-corrected chi connectivity index (χ1v) is 7.05. The Morgan fingerprint density at radius 3 is 2.77 bits per heavy atom. The molecule has 0 unspecified atom stereocenters. The minimum atomic E-state index is -0.0130. The number of fused-ring (bicyclic) bond motifs is 3. The molecule has 4 aromatic rings. The monoisotopic (exact) mass is 290 g/mol. The van der Waals surface area contributed by atoms with Crippen molar-refractivity contribution >= 4 is 16.6 Å². The van der Waals surface area contributed by atoms with E-state index in [0.717, 1.165) is 28.0 Å². The maximum Gasteiger partial charge on any atom is 0.261 e. The van der Waals surface area contributed by atoms with Gasteiger partial charge in [-0.25, -0.2) is 4.52 Å². The summed E-state index contributed by atoms with van der Waals surface area (Å²) in [7, 11) is 1.77. The fourth-order valence-corrected chi connectivity index (χ4v) is 2.80. The van der Waals surface area contributed by atoms with Crippen LogP contribution in [0.2, 0.25) is 0 Å². The van der Waals surface area contributed by atoms with Crippen LogP contribution < -0.4 is 5.56 Å². The van der Waals surface area contributed by atoms with Gasteiger partial charge in [-0.15, -0.1) is 0 Å². The first-order chi connectivity index (χ1) is 10.7. The van der Waals surface area contributed by atoms with Crippen molar-refractivity contribution in [2.24, 2.45) is 7.05 Å². The molecule has 0 aliphatic rings. The number of nitrogens with zero attached hydrogens (tertiary/aromatic N) is 4. The molecular formula is C17H14N4O. The summed E-state index contributed by atoms with van der Waals surface area (Å²) in [4.78, 5) is 16.6. The summed E-state index contributed by atoms with van der Waals surface area (Å²) < 4.78 is 3.46. The Morgan fingerprint density at radius 2 is 1.95 bits per heavy atom. The Morgan fingerprint density at radius 1 is 1.14 bits per heavy atom. The maximum atomic E-state index is 12.5. The van der Waals surface area contributed by atoms with Gasteiger partial charge < -0.3 is 0 Å². The summed E-state index contributed by atoms with van der Waals surface area (Å²) in [6, 6.07) is 11.4. The third kappa shape index (κ3) is 1.69. The van der Waals surface area contributed by atoms with E-state index in [1.54, 1.807) is 17.8 Å². The van der Waals surface area contributed by atoms with E-state index in [9.17, 15) is 4.79 Å². The highest BCUT2D eigenvalue weighted by Gasteiger charge is 2.13. The molecule has 5 nitrogen and oxygen atoms in total. The molecule has 0 aliphatic heterocycles. The molecule has 0 atom stereocenters. The molecular weight excluding hydrogens is 276 g/mol. The smallest absolute Gasteiger partial charge is 0.261 e. The molecule has 0 aliphatic carbocycles. The summed E-state index contributed by atoms with van der Waals surface area (Å²) in [5, 5.41) is 5.37. The van der Waals surface area contributed by atoms with Crippen LogP contribution in [0.5, 0.6) is 0 Å². The van der Waals surface area contributed by atoms with Gasteiger partial charge in [0, 0.05) is 31.1 Å². The van der Waals surface area contributed by atoms with Gasteiger partial charge in [0.25, 0.3) is 5.56 Å². The molecule has 108 valence electrons. The van der Waals surface area contributed by atoms with E-state index in [-0.39, 0.29) is 5.56 Å². The lowest BCUT2D eigenvalue weighted by atomic mass is 10.1. The van der Waals surface area contributed by atoms with Crippen LogP contribution in [0, 0.1) is 6.92 Å². The maximum absolute atomic E-state index is 12.5. The van der Waals surface area contributed by atoms with Gasteiger partial charge >= 0.3 is 0 Å². The van der Waals surface area contributed by atoms with Gasteiger partial charge in [0.1, 0.15) is 5.65 Å². The number of aromatic nitrogens is 4. The zero-order valence-electron chi connectivity index (χ0n) is 12.3. The number of para-hydroxylation sites is 1. The number of hydrogen-bond acceptors (Lipinski definition) is 3. The van der Waals surface area contributed by atoms with Crippen molar-refractivity contribution < 1.29 is 0 Å². The highest BCUT2D eigenvalue weighted by atomic mass is 16.1. The molecule has 1 aromatic carbocycles. The normalized spacial score (nSPS) is 11.4. The van der Waals surface area contributed by atoms with Gasteiger partial charge in [0.05, 0.1) is 16.6 Å². The largest absolute Gasteiger partial charge is 0.296 e. The minimum absolute atomic E-state index is 0.0130. The van der Waals surface area contributed by atoms with Crippen molar-refractivity contribution in [2.75, 3.05) is 0 Å². The van der Waals surface area contributed by atoms with Crippen molar-refractivity contribution in [2.45, 2.75) is 6.92 Å². The van der Waals surface area contributed by atoms with Gasteiger partial charge in [-0.2, -0.15) is 5.10 Å². The van der Waals surface area contributed by atoms with E-state index in [1.165, 1.54) is 0 Å². The van der Waals surface area contributed by atoms with Crippen LogP contribution in [-0.4, -0.2) is 19.2 Å². The van der Waals surface area contributed by atoms with Crippen molar-refractivity contribution in [3.8, 4) is 11.3 Å². The molecule has 0 saturated carbocycles. The van der Waals surface area contributed by atoms with Gasteiger partial charge in [-0.05, 0) is 30.7 Å². The predicted octanol–water partition coefficient (Wildman–Crippen LogP) is 2.56. The van der Waals surface area contributed by atoms with Crippen molar-refractivity contribution in [1.82, 2.24) is 19.2 Å². The lowest BCUT2D eigenvalue weighted by molar-refractivity contribution is 0.850. The third-order valence-corrected chi connectivity index (χ3v) is 4.00. The van der Waals surface area contributed by atoms with Gasteiger partial charge in [-0.3, -0.25) is 14.3 Å². The van der Waals surface area contributed by atoms with E-state index in [4.69, 9.17) is 5.10 Å². The Balaban J connectivity index is 2.15. The van der Waals surface area contributed by atoms with E-state index >= 15 is 0 Å². The van der Waals surface area contributed by atoms with Crippen LogP contribution in [0.25, 0.3) is 27.8 Å². The fourth-order valence-electron chi connectivity index (χ4n) is 2.80. The van der Waals surface area contributed by atoms with E-state index < -0.39 is 0 Å². The molecule has 0 amide bonds. The zero-order chi connectivity index (χ0) is 15.3. The Kier molecular flexibility index (Phi) is 2.63. The topological polar surface area (TPSA) is 52.2 Å². The Hall–Kier alpha value is -2.95.